The van der Waals surface area contributed by atoms with Gasteiger partial charge in [-0.3, -0.25) is 4.79 Å². The summed E-state index contributed by atoms with van der Waals surface area (Å²) < 4.78 is 44.3. The van der Waals surface area contributed by atoms with Crippen molar-refractivity contribution >= 4 is 17.4 Å². The van der Waals surface area contributed by atoms with Crippen LogP contribution in [0.1, 0.15) is 33.1 Å². The van der Waals surface area contributed by atoms with Crippen LogP contribution in [0.2, 0.25) is 0 Å². The molecule has 0 bridgehead atoms. The molecule has 3 rings (SSSR count). The summed E-state index contributed by atoms with van der Waals surface area (Å²) in [5.74, 6) is -0.733. The maximum absolute atomic E-state index is 12.6. The van der Waals surface area contributed by atoms with Crippen molar-refractivity contribution < 1.29 is 27.4 Å². The van der Waals surface area contributed by atoms with Gasteiger partial charge in [0.15, 0.2) is 5.69 Å². The molecule has 0 aliphatic heterocycles. The number of amides is 1. The summed E-state index contributed by atoms with van der Waals surface area (Å²) in [5.41, 5.74) is 0.0339. The Morgan fingerprint density at radius 1 is 1.28 bits per heavy atom. The van der Waals surface area contributed by atoms with E-state index in [9.17, 15) is 28.1 Å². The van der Waals surface area contributed by atoms with E-state index in [0.717, 1.165) is 24.3 Å². The lowest BCUT2D eigenvalue weighted by Crippen LogP contribution is -2.16. The van der Waals surface area contributed by atoms with Crippen molar-refractivity contribution in [2.45, 2.75) is 26.6 Å². The van der Waals surface area contributed by atoms with Crippen LogP contribution in [0, 0.1) is 24.0 Å². The second-order valence-corrected chi connectivity index (χ2v) is 6.15. The van der Waals surface area contributed by atoms with E-state index in [4.69, 9.17) is 4.52 Å². The van der Waals surface area contributed by atoms with Gasteiger partial charge in [0.05, 0.1) is 34.5 Å². The van der Waals surface area contributed by atoms with E-state index in [1.54, 1.807) is 13.8 Å². The fraction of sp³-hybridized carbons (Fsp3) is 0.235. The second-order valence-electron chi connectivity index (χ2n) is 6.15. The molecular weight excluding hydrogens is 395 g/mol. The molecule has 9 nitrogen and oxygen atoms in total. The molecule has 0 fully saturated rings. The molecule has 0 aliphatic carbocycles. The normalized spacial score (nSPS) is 11.5. The molecule has 3 aromatic rings. The van der Waals surface area contributed by atoms with E-state index in [2.05, 4.69) is 15.6 Å². The number of carbonyl (C=O) groups excluding carboxylic acids is 1. The van der Waals surface area contributed by atoms with Crippen LogP contribution in [0.15, 0.2) is 34.9 Å². The SMILES string of the molecule is Cc1onc(C(=O)Nc2ccc(C(F)(F)F)cc2)c1Cn1nc([N+](=O)[O-])cc1C. The maximum atomic E-state index is 12.6. The van der Waals surface area contributed by atoms with E-state index in [0.29, 0.717) is 17.0 Å². The largest absolute Gasteiger partial charge is 0.416 e. The predicted molar refractivity (Wildman–Crippen MR) is 93.4 cm³/mol. The third-order valence-corrected chi connectivity index (χ3v) is 4.13. The van der Waals surface area contributed by atoms with Crippen LogP contribution >= 0.6 is 0 Å². The van der Waals surface area contributed by atoms with Gasteiger partial charge in [-0.05, 0) is 43.0 Å². The minimum Gasteiger partial charge on any atom is -0.361 e. The first-order valence-corrected chi connectivity index (χ1v) is 8.19. The molecule has 1 N–H and O–H groups in total. The van der Waals surface area contributed by atoms with Gasteiger partial charge in [-0.25, -0.2) is 0 Å². The Bertz CT molecular complexity index is 1070. The van der Waals surface area contributed by atoms with Crippen LogP contribution in [-0.4, -0.2) is 25.8 Å². The van der Waals surface area contributed by atoms with Gasteiger partial charge in [-0.1, -0.05) is 5.16 Å². The van der Waals surface area contributed by atoms with E-state index < -0.39 is 22.6 Å². The van der Waals surface area contributed by atoms with Crippen molar-refractivity contribution in [2.24, 2.45) is 0 Å². The summed E-state index contributed by atoms with van der Waals surface area (Å²) in [4.78, 5) is 22.8. The molecular formula is C17H14F3N5O4. The minimum absolute atomic E-state index is 0.00916. The van der Waals surface area contributed by atoms with Crippen molar-refractivity contribution in [3.63, 3.8) is 0 Å². The van der Waals surface area contributed by atoms with Gasteiger partial charge in [0.1, 0.15) is 5.76 Å². The van der Waals surface area contributed by atoms with E-state index in [1.165, 1.54) is 10.7 Å². The molecule has 29 heavy (non-hydrogen) atoms. The Labute approximate surface area is 161 Å². The molecule has 0 spiro atoms. The highest BCUT2D eigenvalue weighted by atomic mass is 19.4. The van der Waals surface area contributed by atoms with Crippen molar-refractivity contribution in [1.29, 1.82) is 0 Å². The van der Waals surface area contributed by atoms with Crippen molar-refractivity contribution in [3.05, 3.63) is 68.7 Å². The molecule has 0 unspecified atom stereocenters. The molecule has 1 aromatic carbocycles. The Morgan fingerprint density at radius 3 is 2.48 bits per heavy atom. The van der Waals surface area contributed by atoms with Gasteiger partial charge in [0.25, 0.3) is 5.91 Å². The number of halogens is 3. The average molecular weight is 409 g/mol. The number of benzene rings is 1. The summed E-state index contributed by atoms with van der Waals surface area (Å²) in [6.45, 7) is 3.17. The van der Waals surface area contributed by atoms with Gasteiger partial charge in [0, 0.05) is 5.69 Å². The van der Waals surface area contributed by atoms with Gasteiger partial charge in [-0.15, -0.1) is 0 Å². The Morgan fingerprint density at radius 2 is 1.93 bits per heavy atom. The number of hydrogen-bond acceptors (Lipinski definition) is 6. The lowest BCUT2D eigenvalue weighted by Gasteiger charge is -2.08. The fourth-order valence-electron chi connectivity index (χ4n) is 2.58. The molecule has 0 aliphatic rings. The number of anilines is 1. The molecule has 1 amide bonds. The third-order valence-electron chi connectivity index (χ3n) is 4.13. The highest BCUT2D eigenvalue weighted by Crippen LogP contribution is 2.30. The first-order chi connectivity index (χ1) is 13.6. The minimum atomic E-state index is -4.48. The van der Waals surface area contributed by atoms with E-state index >= 15 is 0 Å². The lowest BCUT2D eigenvalue weighted by atomic mass is 10.1. The predicted octanol–water partition coefficient (Wildman–Crippen LogP) is 3.72. The number of nitro groups is 1. The molecule has 2 aromatic heterocycles. The van der Waals surface area contributed by atoms with Gasteiger partial charge in [0.2, 0.25) is 0 Å². The number of nitrogens with zero attached hydrogens (tertiary/aromatic N) is 4. The Kier molecular flexibility index (Phi) is 5.10. The summed E-state index contributed by atoms with van der Waals surface area (Å²) in [5, 5.41) is 20.9. The monoisotopic (exact) mass is 409 g/mol. The highest BCUT2D eigenvalue weighted by molar-refractivity contribution is 6.03. The summed E-state index contributed by atoms with van der Waals surface area (Å²) in [6, 6.07) is 5.21. The Hall–Kier alpha value is -3.70. The number of nitrogens with one attached hydrogen (secondary N) is 1. The summed E-state index contributed by atoms with van der Waals surface area (Å²) in [7, 11) is 0. The van der Waals surface area contributed by atoms with Crippen LogP contribution in [0.25, 0.3) is 0 Å². The number of rotatable bonds is 5. The molecule has 2 heterocycles. The second kappa shape index (κ2) is 7.37. The van der Waals surface area contributed by atoms with Crippen molar-refractivity contribution in [2.75, 3.05) is 5.32 Å². The van der Waals surface area contributed by atoms with Crippen molar-refractivity contribution in [1.82, 2.24) is 14.9 Å². The van der Waals surface area contributed by atoms with Crippen molar-refractivity contribution in [3.8, 4) is 0 Å². The quantitative estimate of drug-likeness (QED) is 0.507. The zero-order valence-corrected chi connectivity index (χ0v) is 15.1. The number of aromatic nitrogens is 3. The average Bonchev–Trinajstić information content (AvgIpc) is 3.19. The van der Waals surface area contributed by atoms with E-state index in [-0.39, 0.29) is 23.7 Å². The topological polar surface area (TPSA) is 116 Å². The molecule has 152 valence electrons. The maximum Gasteiger partial charge on any atom is 0.416 e. The Balaban J connectivity index is 1.82. The van der Waals surface area contributed by atoms with Crippen LogP contribution in [0.5, 0.6) is 0 Å². The number of alkyl halides is 3. The first kappa shape index (κ1) is 20.0. The molecule has 12 heteroatoms. The standard InChI is InChI=1S/C17H14F3N5O4/c1-9-7-14(25(27)28)22-24(9)8-13-10(2)29-23-15(13)16(26)21-12-5-3-11(4-6-12)17(18,19)20/h3-7H,8H2,1-2H3,(H,21,26). The third kappa shape index (κ3) is 4.25. The van der Waals surface area contributed by atoms with Crippen LogP contribution in [-0.2, 0) is 12.7 Å². The zero-order valence-electron chi connectivity index (χ0n) is 15.1. The van der Waals surface area contributed by atoms with Crippen LogP contribution in [0.4, 0.5) is 24.7 Å². The highest BCUT2D eigenvalue weighted by Gasteiger charge is 2.30. The van der Waals surface area contributed by atoms with E-state index in [1.807, 2.05) is 0 Å². The summed E-state index contributed by atoms with van der Waals surface area (Å²) >= 11 is 0. The number of carbonyl (C=O) groups is 1. The number of hydrogen-bond donors (Lipinski definition) is 1. The van der Waals surface area contributed by atoms with Gasteiger partial charge >= 0.3 is 12.0 Å². The van der Waals surface area contributed by atoms with Gasteiger partial charge in [-0.2, -0.15) is 17.9 Å². The first-order valence-electron chi connectivity index (χ1n) is 8.19. The van der Waals surface area contributed by atoms with Gasteiger partial charge < -0.3 is 20.0 Å². The fourth-order valence-corrected chi connectivity index (χ4v) is 2.58. The lowest BCUT2D eigenvalue weighted by molar-refractivity contribution is -0.389. The zero-order chi connectivity index (χ0) is 21.3. The molecule has 0 saturated heterocycles. The van der Waals surface area contributed by atoms with Crippen LogP contribution in [0.3, 0.4) is 0 Å². The van der Waals surface area contributed by atoms with Crippen LogP contribution < -0.4 is 5.32 Å². The molecule has 0 atom stereocenters. The summed E-state index contributed by atoms with van der Waals surface area (Å²) in [6.07, 6.45) is -4.48. The smallest absolute Gasteiger partial charge is 0.361 e. The molecule has 0 saturated carbocycles. The molecule has 0 radical (unpaired) electrons. The number of aryl methyl sites for hydroxylation is 2.